The number of aromatic nitrogens is 4. The molecule has 0 spiro atoms. The lowest BCUT2D eigenvalue weighted by molar-refractivity contribution is -0.137. The molecule has 11 heteroatoms. The Morgan fingerprint density at radius 1 is 1.16 bits per heavy atom. The number of hydrogen-bond donors (Lipinski definition) is 3. The average Bonchev–Trinajstić information content (AvgIpc) is 3.51. The largest absolute Gasteiger partial charge is 0.416 e. The fourth-order valence-corrected chi connectivity index (χ4v) is 6.04. The van der Waals surface area contributed by atoms with E-state index < -0.39 is 11.7 Å². The van der Waals surface area contributed by atoms with Gasteiger partial charge < -0.3 is 10.6 Å². The van der Waals surface area contributed by atoms with Crippen molar-refractivity contribution in [2.24, 2.45) is 5.92 Å². The number of hydrogen-bond acceptors (Lipinski definition) is 6. The second-order valence-corrected chi connectivity index (χ2v) is 10.1. The third-order valence-electron chi connectivity index (χ3n) is 6.64. The first-order valence-corrected chi connectivity index (χ1v) is 12.6. The zero-order chi connectivity index (χ0) is 25.6. The lowest BCUT2D eigenvalue weighted by Crippen LogP contribution is -2.33. The Hall–Kier alpha value is -3.99. The Kier molecular flexibility index (Phi) is 5.79. The zero-order valence-corrected chi connectivity index (χ0v) is 20.2. The SMILES string of the molecule is O=C(NCc1cccc(C(F)(F)F)c1)C1CCc2c(sc3ncnc(Nc4ccc5[nH]ncc5c4)c23)C1. The highest BCUT2D eigenvalue weighted by Crippen LogP contribution is 2.40. The van der Waals surface area contributed by atoms with Gasteiger partial charge in [-0.1, -0.05) is 12.1 Å². The van der Waals surface area contributed by atoms with Gasteiger partial charge in [-0.2, -0.15) is 18.3 Å². The van der Waals surface area contributed by atoms with Crippen molar-refractivity contribution in [3.63, 3.8) is 0 Å². The first-order valence-electron chi connectivity index (χ1n) is 11.7. The first-order chi connectivity index (χ1) is 17.8. The van der Waals surface area contributed by atoms with Crippen molar-refractivity contribution in [1.29, 1.82) is 0 Å². The van der Waals surface area contributed by atoms with Crippen LogP contribution in [0.3, 0.4) is 0 Å². The van der Waals surface area contributed by atoms with E-state index in [4.69, 9.17) is 0 Å². The molecule has 5 aromatic rings. The molecule has 1 atom stereocenters. The Balaban J connectivity index is 1.18. The summed E-state index contributed by atoms with van der Waals surface area (Å²) < 4.78 is 38.9. The number of H-pyrrole nitrogens is 1. The van der Waals surface area contributed by atoms with Gasteiger partial charge in [0.25, 0.3) is 0 Å². The van der Waals surface area contributed by atoms with Crippen molar-refractivity contribution in [3.8, 4) is 0 Å². The molecule has 0 aliphatic heterocycles. The molecule has 7 nitrogen and oxygen atoms in total. The third kappa shape index (κ3) is 4.62. The number of carbonyl (C=O) groups excluding carboxylic acids is 1. The minimum absolute atomic E-state index is 0.0546. The molecule has 3 N–H and O–H groups in total. The van der Waals surface area contributed by atoms with Crippen LogP contribution < -0.4 is 10.6 Å². The van der Waals surface area contributed by atoms with Gasteiger partial charge >= 0.3 is 6.18 Å². The predicted octanol–water partition coefficient (Wildman–Crippen LogP) is 5.75. The standard InChI is InChI=1S/C26H21F3N6OS/c27-26(28,29)17-3-1-2-14(8-17)11-30-24(36)15-4-6-19-21(10-15)37-25-22(19)23(31-13-32-25)34-18-5-7-20-16(9-18)12-33-35-20/h1-3,5,7-9,12-13,15H,4,6,10-11H2,(H,30,36)(H,33,35)(H,31,32,34). The topological polar surface area (TPSA) is 95.6 Å². The average molecular weight is 523 g/mol. The van der Waals surface area contributed by atoms with Gasteiger partial charge in [0.2, 0.25) is 5.91 Å². The van der Waals surface area contributed by atoms with E-state index in [9.17, 15) is 18.0 Å². The van der Waals surface area contributed by atoms with E-state index in [1.165, 1.54) is 12.4 Å². The number of fused-ring (bicyclic) bond motifs is 4. The highest BCUT2D eigenvalue weighted by molar-refractivity contribution is 7.19. The number of halogens is 3. The molecule has 1 unspecified atom stereocenters. The summed E-state index contributed by atoms with van der Waals surface area (Å²) >= 11 is 1.56. The Bertz CT molecular complexity index is 1630. The van der Waals surface area contributed by atoms with Crippen molar-refractivity contribution < 1.29 is 18.0 Å². The summed E-state index contributed by atoms with van der Waals surface area (Å²) in [5.74, 6) is 0.315. The second-order valence-electron chi connectivity index (χ2n) is 9.06. The van der Waals surface area contributed by atoms with Gasteiger partial charge in [0.05, 0.1) is 22.7 Å². The van der Waals surface area contributed by atoms with Crippen LogP contribution in [0, 0.1) is 5.92 Å². The van der Waals surface area contributed by atoms with Crippen LogP contribution in [0.1, 0.15) is 28.0 Å². The van der Waals surface area contributed by atoms with Gasteiger partial charge in [0, 0.05) is 28.4 Å². The third-order valence-corrected chi connectivity index (χ3v) is 7.80. The highest BCUT2D eigenvalue weighted by Gasteiger charge is 2.31. The van der Waals surface area contributed by atoms with Crippen LogP contribution in [0.25, 0.3) is 21.1 Å². The number of nitrogens with one attached hydrogen (secondary N) is 3. The molecule has 1 amide bonds. The van der Waals surface area contributed by atoms with Crippen LogP contribution in [0.4, 0.5) is 24.7 Å². The Labute approximate surface area is 213 Å². The molecule has 6 rings (SSSR count). The lowest BCUT2D eigenvalue weighted by atomic mass is 9.87. The van der Waals surface area contributed by atoms with Crippen LogP contribution in [0.15, 0.2) is 55.0 Å². The number of amides is 1. The fraction of sp³-hybridized carbons (Fsp3) is 0.231. The van der Waals surface area contributed by atoms with E-state index in [1.807, 2.05) is 18.2 Å². The number of nitrogens with zero attached hydrogens (tertiary/aromatic N) is 3. The van der Waals surface area contributed by atoms with Gasteiger partial charge in [0.15, 0.2) is 0 Å². The molecule has 3 aromatic heterocycles. The molecule has 3 heterocycles. The number of rotatable bonds is 5. The Morgan fingerprint density at radius 2 is 2.05 bits per heavy atom. The summed E-state index contributed by atoms with van der Waals surface area (Å²) in [6, 6.07) is 10.9. The number of alkyl halides is 3. The second kappa shape index (κ2) is 9.15. The van der Waals surface area contributed by atoms with E-state index >= 15 is 0 Å². The molecular weight excluding hydrogens is 501 g/mol. The summed E-state index contributed by atoms with van der Waals surface area (Å²) in [6.07, 6.45) is 0.778. The molecule has 0 radical (unpaired) electrons. The van der Waals surface area contributed by atoms with Crippen molar-refractivity contribution >= 4 is 49.9 Å². The summed E-state index contributed by atoms with van der Waals surface area (Å²) in [6.45, 7) is 0.0546. The van der Waals surface area contributed by atoms with E-state index in [2.05, 4.69) is 30.8 Å². The van der Waals surface area contributed by atoms with Gasteiger partial charge in [-0.05, 0) is 60.7 Å². The van der Waals surface area contributed by atoms with Crippen LogP contribution >= 0.6 is 11.3 Å². The molecule has 188 valence electrons. The molecule has 0 saturated heterocycles. The molecule has 2 aromatic carbocycles. The van der Waals surface area contributed by atoms with Crippen molar-refractivity contribution in [2.75, 3.05) is 5.32 Å². The van der Waals surface area contributed by atoms with Gasteiger partial charge in [-0.3, -0.25) is 9.89 Å². The number of benzene rings is 2. The van der Waals surface area contributed by atoms with Gasteiger partial charge in [-0.15, -0.1) is 11.3 Å². The van der Waals surface area contributed by atoms with Gasteiger partial charge in [0.1, 0.15) is 17.0 Å². The maximum atomic E-state index is 13.0. The highest BCUT2D eigenvalue weighted by atomic mass is 32.1. The molecule has 37 heavy (non-hydrogen) atoms. The summed E-state index contributed by atoms with van der Waals surface area (Å²) in [5, 5.41) is 15.2. The smallest absolute Gasteiger partial charge is 0.352 e. The first kappa shape index (κ1) is 23.4. The monoisotopic (exact) mass is 522 g/mol. The van der Waals surface area contributed by atoms with E-state index in [0.29, 0.717) is 24.8 Å². The number of thiophene rings is 1. The van der Waals surface area contributed by atoms with Crippen molar-refractivity contribution in [3.05, 3.63) is 76.6 Å². The molecular formula is C26H21F3N6OS. The van der Waals surface area contributed by atoms with Crippen molar-refractivity contribution in [1.82, 2.24) is 25.5 Å². The minimum Gasteiger partial charge on any atom is -0.352 e. The van der Waals surface area contributed by atoms with Crippen LogP contribution in [0.5, 0.6) is 0 Å². The van der Waals surface area contributed by atoms with Crippen LogP contribution in [0.2, 0.25) is 0 Å². The maximum absolute atomic E-state index is 13.0. The number of aromatic amines is 1. The van der Waals surface area contributed by atoms with Crippen molar-refractivity contribution in [2.45, 2.75) is 32.0 Å². The summed E-state index contributed by atoms with van der Waals surface area (Å²) in [7, 11) is 0. The van der Waals surface area contributed by atoms with E-state index in [0.717, 1.165) is 55.2 Å². The number of aryl methyl sites for hydroxylation is 1. The summed E-state index contributed by atoms with van der Waals surface area (Å²) in [4.78, 5) is 23.8. The number of anilines is 2. The maximum Gasteiger partial charge on any atom is 0.416 e. The Morgan fingerprint density at radius 3 is 2.92 bits per heavy atom. The summed E-state index contributed by atoms with van der Waals surface area (Å²) in [5.41, 5.74) is 2.68. The van der Waals surface area contributed by atoms with E-state index in [-0.39, 0.29) is 18.4 Å². The molecule has 0 bridgehead atoms. The minimum atomic E-state index is -4.41. The fourth-order valence-electron chi connectivity index (χ4n) is 4.78. The van der Waals surface area contributed by atoms with Gasteiger partial charge in [-0.25, -0.2) is 9.97 Å². The molecule has 1 aliphatic carbocycles. The predicted molar refractivity (Wildman–Crippen MR) is 136 cm³/mol. The molecule has 0 fully saturated rings. The molecule has 1 aliphatic rings. The van der Waals surface area contributed by atoms with Crippen LogP contribution in [-0.2, 0) is 30.4 Å². The normalized spacial score (nSPS) is 15.6. The lowest BCUT2D eigenvalue weighted by Gasteiger charge is -2.22. The van der Waals surface area contributed by atoms with E-state index in [1.54, 1.807) is 23.6 Å². The number of carbonyl (C=O) groups is 1. The van der Waals surface area contributed by atoms with Crippen LogP contribution in [-0.4, -0.2) is 26.1 Å². The zero-order valence-electron chi connectivity index (χ0n) is 19.4. The molecule has 0 saturated carbocycles. The quantitative estimate of drug-likeness (QED) is 0.273.